The zero-order chi connectivity index (χ0) is 12.5. The van der Waals surface area contributed by atoms with Crippen LogP contribution in [0.3, 0.4) is 0 Å². The summed E-state index contributed by atoms with van der Waals surface area (Å²) in [6.07, 6.45) is 2.61. The topological polar surface area (TPSA) is 53.1 Å². The fourth-order valence-electron chi connectivity index (χ4n) is 2.20. The molecule has 0 unspecified atom stereocenters. The molecule has 88 valence electrons. The van der Waals surface area contributed by atoms with Gasteiger partial charge in [0, 0.05) is 22.7 Å². The Morgan fingerprint density at radius 2 is 2.00 bits per heavy atom. The fraction of sp³-hybridized carbons (Fsp3) is 0. The third-order valence-electron chi connectivity index (χ3n) is 2.98. The van der Waals surface area contributed by atoms with E-state index in [-0.39, 0.29) is 5.75 Å². The van der Waals surface area contributed by atoms with Gasteiger partial charge in [-0.05, 0) is 41.5 Å². The van der Waals surface area contributed by atoms with Gasteiger partial charge in [-0.3, -0.25) is 4.79 Å². The first kappa shape index (κ1) is 10.6. The van der Waals surface area contributed by atoms with E-state index in [2.05, 4.69) is 4.98 Å². The van der Waals surface area contributed by atoms with Gasteiger partial charge < -0.3 is 10.1 Å². The van der Waals surface area contributed by atoms with Crippen LogP contribution in [0.4, 0.5) is 0 Å². The van der Waals surface area contributed by atoms with Gasteiger partial charge >= 0.3 is 0 Å². The van der Waals surface area contributed by atoms with Gasteiger partial charge in [-0.2, -0.15) is 0 Å². The molecule has 1 heterocycles. The van der Waals surface area contributed by atoms with Crippen LogP contribution >= 0.6 is 0 Å². The Hall–Kier alpha value is -2.55. The summed E-state index contributed by atoms with van der Waals surface area (Å²) in [7, 11) is 0. The number of carbonyl (C=O) groups excluding carboxylic acids is 1. The van der Waals surface area contributed by atoms with Crippen LogP contribution in [-0.2, 0) is 0 Å². The number of hydrogen-bond donors (Lipinski definition) is 2. The highest BCUT2D eigenvalue weighted by molar-refractivity contribution is 5.96. The molecule has 3 nitrogen and oxygen atoms in total. The molecule has 0 atom stereocenters. The monoisotopic (exact) mass is 237 g/mol. The number of phenolic OH excluding ortho intramolecular Hbond substituents is 1. The summed E-state index contributed by atoms with van der Waals surface area (Å²) in [6, 6.07) is 12.8. The van der Waals surface area contributed by atoms with Crippen LogP contribution in [0.2, 0.25) is 0 Å². The predicted octanol–water partition coefficient (Wildman–Crippen LogP) is 3.35. The van der Waals surface area contributed by atoms with E-state index in [4.69, 9.17) is 0 Å². The van der Waals surface area contributed by atoms with E-state index in [1.54, 1.807) is 12.1 Å². The van der Waals surface area contributed by atoms with Crippen molar-refractivity contribution in [2.75, 3.05) is 0 Å². The van der Waals surface area contributed by atoms with Gasteiger partial charge in [0.1, 0.15) is 12.0 Å². The minimum absolute atomic E-state index is 0.0992. The van der Waals surface area contributed by atoms with Crippen molar-refractivity contribution >= 4 is 17.2 Å². The molecule has 0 aliphatic carbocycles. The van der Waals surface area contributed by atoms with E-state index in [1.807, 2.05) is 30.5 Å². The first-order valence-corrected chi connectivity index (χ1v) is 5.63. The van der Waals surface area contributed by atoms with E-state index >= 15 is 0 Å². The number of fused-ring (bicyclic) bond motifs is 1. The Balaban J connectivity index is 2.28. The highest BCUT2D eigenvalue weighted by atomic mass is 16.3. The molecular formula is C15H11NO2. The summed E-state index contributed by atoms with van der Waals surface area (Å²) in [6.45, 7) is 0. The number of benzene rings is 2. The van der Waals surface area contributed by atoms with Gasteiger partial charge in [0.25, 0.3) is 0 Å². The molecule has 0 spiro atoms. The smallest absolute Gasteiger partial charge is 0.150 e. The van der Waals surface area contributed by atoms with E-state index in [9.17, 15) is 9.90 Å². The molecule has 0 amide bonds. The predicted molar refractivity (Wildman–Crippen MR) is 70.8 cm³/mol. The summed E-state index contributed by atoms with van der Waals surface area (Å²) in [5.74, 6) is 0.0992. The van der Waals surface area contributed by atoms with Crippen LogP contribution in [0.15, 0.2) is 48.7 Å². The Kier molecular flexibility index (Phi) is 2.38. The number of H-pyrrole nitrogens is 1. The highest BCUT2D eigenvalue weighted by Crippen LogP contribution is 2.30. The number of nitrogens with one attached hydrogen (secondary N) is 1. The molecule has 0 aliphatic heterocycles. The van der Waals surface area contributed by atoms with Crippen LogP contribution in [0, 0.1) is 0 Å². The average Bonchev–Trinajstić information content (AvgIpc) is 2.85. The molecule has 0 fully saturated rings. The van der Waals surface area contributed by atoms with Crippen molar-refractivity contribution in [2.24, 2.45) is 0 Å². The first-order valence-electron chi connectivity index (χ1n) is 5.63. The van der Waals surface area contributed by atoms with Gasteiger partial charge in [-0.15, -0.1) is 0 Å². The van der Waals surface area contributed by atoms with Crippen molar-refractivity contribution in [3.63, 3.8) is 0 Å². The van der Waals surface area contributed by atoms with Crippen molar-refractivity contribution in [1.29, 1.82) is 0 Å². The zero-order valence-corrected chi connectivity index (χ0v) is 9.55. The highest BCUT2D eigenvalue weighted by Gasteiger charge is 2.06. The van der Waals surface area contributed by atoms with Crippen molar-refractivity contribution in [2.45, 2.75) is 0 Å². The lowest BCUT2D eigenvalue weighted by Crippen LogP contribution is -1.84. The number of aromatic amines is 1. The molecule has 0 saturated heterocycles. The molecule has 2 N–H and O–H groups in total. The Labute approximate surface area is 104 Å². The first-order chi connectivity index (χ1) is 8.78. The molecule has 1 aromatic heterocycles. The fourth-order valence-corrected chi connectivity index (χ4v) is 2.20. The number of carbonyl (C=O) groups is 1. The van der Waals surface area contributed by atoms with Crippen molar-refractivity contribution in [3.8, 4) is 16.9 Å². The lowest BCUT2D eigenvalue weighted by atomic mass is 10.00. The van der Waals surface area contributed by atoms with Gasteiger partial charge in [0.2, 0.25) is 0 Å². The average molecular weight is 237 g/mol. The normalized spacial score (nSPS) is 10.7. The summed E-state index contributed by atoms with van der Waals surface area (Å²) in [5.41, 5.74) is 3.33. The number of aldehydes is 1. The summed E-state index contributed by atoms with van der Waals surface area (Å²) in [4.78, 5) is 14.0. The molecule has 3 heteroatoms. The molecule has 2 aromatic carbocycles. The van der Waals surface area contributed by atoms with E-state index in [0.717, 1.165) is 28.3 Å². The standard InChI is InChI=1S/C15H11NO2/c17-9-10-6-11(8-12(18)7-10)13-2-1-3-15-14(13)4-5-16-15/h1-9,16,18H. The van der Waals surface area contributed by atoms with E-state index in [1.165, 1.54) is 6.07 Å². The maximum absolute atomic E-state index is 10.8. The van der Waals surface area contributed by atoms with Crippen LogP contribution in [0.25, 0.3) is 22.0 Å². The zero-order valence-electron chi connectivity index (χ0n) is 9.55. The summed E-state index contributed by atoms with van der Waals surface area (Å²) < 4.78 is 0. The second kappa shape index (κ2) is 4.04. The number of aromatic nitrogens is 1. The lowest BCUT2D eigenvalue weighted by Gasteiger charge is -2.05. The van der Waals surface area contributed by atoms with Crippen LogP contribution in [0.5, 0.6) is 5.75 Å². The SMILES string of the molecule is O=Cc1cc(O)cc(-c2cccc3[nH]ccc23)c1. The number of rotatable bonds is 2. The Morgan fingerprint density at radius 3 is 2.83 bits per heavy atom. The molecule has 0 radical (unpaired) electrons. The van der Waals surface area contributed by atoms with Crippen LogP contribution in [-0.4, -0.2) is 16.4 Å². The maximum Gasteiger partial charge on any atom is 0.150 e. The van der Waals surface area contributed by atoms with Gasteiger partial charge in [-0.1, -0.05) is 12.1 Å². The Bertz CT molecular complexity index is 728. The van der Waals surface area contributed by atoms with Crippen molar-refractivity contribution in [3.05, 3.63) is 54.2 Å². The van der Waals surface area contributed by atoms with E-state index in [0.29, 0.717) is 5.56 Å². The third kappa shape index (κ3) is 1.66. The van der Waals surface area contributed by atoms with Crippen molar-refractivity contribution < 1.29 is 9.90 Å². The largest absolute Gasteiger partial charge is 0.508 e. The van der Waals surface area contributed by atoms with Gasteiger partial charge in [0.15, 0.2) is 0 Å². The van der Waals surface area contributed by atoms with Crippen molar-refractivity contribution in [1.82, 2.24) is 4.98 Å². The molecule has 0 bridgehead atoms. The molecule has 3 rings (SSSR count). The quantitative estimate of drug-likeness (QED) is 0.671. The Morgan fingerprint density at radius 1 is 1.11 bits per heavy atom. The molecule has 0 aliphatic rings. The van der Waals surface area contributed by atoms with Crippen LogP contribution in [0.1, 0.15) is 10.4 Å². The lowest BCUT2D eigenvalue weighted by molar-refractivity contribution is 0.112. The maximum atomic E-state index is 10.8. The number of phenols is 1. The number of aromatic hydroxyl groups is 1. The van der Waals surface area contributed by atoms with Gasteiger partial charge in [-0.25, -0.2) is 0 Å². The molecule has 3 aromatic rings. The molecule has 18 heavy (non-hydrogen) atoms. The second-order valence-corrected chi connectivity index (χ2v) is 4.18. The molecular weight excluding hydrogens is 226 g/mol. The van der Waals surface area contributed by atoms with Gasteiger partial charge in [0.05, 0.1) is 0 Å². The van der Waals surface area contributed by atoms with Crippen LogP contribution < -0.4 is 0 Å². The van der Waals surface area contributed by atoms with E-state index < -0.39 is 0 Å². The minimum Gasteiger partial charge on any atom is -0.508 e. The minimum atomic E-state index is 0.0992. The number of hydrogen-bond acceptors (Lipinski definition) is 2. The summed E-state index contributed by atoms with van der Waals surface area (Å²) >= 11 is 0. The molecule has 0 saturated carbocycles. The summed E-state index contributed by atoms with van der Waals surface area (Å²) in [5, 5.41) is 10.7. The third-order valence-corrected chi connectivity index (χ3v) is 2.98. The second-order valence-electron chi connectivity index (χ2n) is 4.18.